The second-order valence-corrected chi connectivity index (χ2v) is 9.67. The van der Waals surface area contributed by atoms with Crippen molar-refractivity contribution < 1.29 is 28.6 Å². The Balaban J connectivity index is 2.17. The first-order chi connectivity index (χ1) is 14.5. The summed E-state index contributed by atoms with van der Waals surface area (Å²) in [5, 5.41) is 0. The molecule has 2 fully saturated rings. The molecule has 0 aromatic rings. The fraction of sp³-hybridized carbons (Fsp3) is 0.720. The molecule has 0 N–H and O–H groups in total. The van der Waals surface area contributed by atoms with E-state index in [-0.39, 0.29) is 29.8 Å². The second-order valence-electron chi connectivity index (χ2n) is 9.67. The summed E-state index contributed by atoms with van der Waals surface area (Å²) in [6.45, 7) is 15.5. The Morgan fingerprint density at radius 1 is 1.16 bits per heavy atom. The molecule has 2 aliphatic carbocycles. The molecule has 0 spiro atoms. The van der Waals surface area contributed by atoms with Crippen molar-refractivity contribution in [1.29, 1.82) is 0 Å². The van der Waals surface area contributed by atoms with Crippen LogP contribution in [0.5, 0.6) is 0 Å². The predicted molar refractivity (Wildman–Crippen MR) is 118 cm³/mol. The summed E-state index contributed by atoms with van der Waals surface area (Å²) in [5.41, 5.74) is 1.41. The van der Waals surface area contributed by atoms with E-state index < -0.39 is 23.5 Å². The first-order valence-electron chi connectivity index (χ1n) is 11.2. The molecule has 0 heterocycles. The highest BCUT2D eigenvalue weighted by atomic mass is 16.6. The highest BCUT2D eigenvalue weighted by Crippen LogP contribution is 2.62. The van der Waals surface area contributed by atoms with Crippen LogP contribution in [0.1, 0.15) is 72.6 Å². The molecule has 174 valence electrons. The van der Waals surface area contributed by atoms with Gasteiger partial charge in [-0.15, -0.1) is 0 Å². The molecular weight excluding hydrogens is 396 g/mol. The lowest BCUT2D eigenvalue weighted by Crippen LogP contribution is -2.53. The fourth-order valence-electron chi connectivity index (χ4n) is 6.08. The van der Waals surface area contributed by atoms with Crippen molar-refractivity contribution in [2.75, 3.05) is 13.7 Å². The van der Waals surface area contributed by atoms with Gasteiger partial charge in [-0.25, -0.2) is 0 Å². The normalized spacial score (nSPS) is 31.2. The van der Waals surface area contributed by atoms with Gasteiger partial charge in [0.05, 0.1) is 12.5 Å². The molecule has 2 rings (SSSR count). The van der Waals surface area contributed by atoms with E-state index >= 15 is 0 Å². The van der Waals surface area contributed by atoms with Gasteiger partial charge in [-0.2, -0.15) is 0 Å². The summed E-state index contributed by atoms with van der Waals surface area (Å²) < 4.78 is 15.6. The van der Waals surface area contributed by atoms with Gasteiger partial charge in [0, 0.05) is 13.8 Å². The minimum atomic E-state index is -0.659. The van der Waals surface area contributed by atoms with Crippen LogP contribution in [0.4, 0.5) is 0 Å². The Morgan fingerprint density at radius 2 is 1.84 bits per heavy atom. The van der Waals surface area contributed by atoms with Crippen molar-refractivity contribution in [3.63, 3.8) is 0 Å². The standard InChI is InChI=1S/C25H38O6/c1-16-10-12-22-24(5,13-8-14-25(22,6)23(28)29-7)20(16)11-9-17(2)21(31-19(4)27)15-30-18(3)26/h20-22H,1-2,8-15H2,3-7H3/t20-,21+,22+,24+,25-/m0/s1. The van der Waals surface area contributed by atoms with Crippen molar-refractivity contribution in [2.45, 2.75) is 78.7 Å². The van der Waals surface area contributed by atoms with Gasteiger partial charge >= 0.3 is 17.9 Å². The van der Waals surface area contributed by atoms with E-state index in [9.17, 15) is 14.4 Å². The average molecular weight is 435 g/mol. The molecule has 0 aliphatic heterocycles. The largest absolute Gasteiger partial charge is 0.469 e. The number of carbonyl (C=O) groups excluding carboxylic acids is 3. The number of esters is 3. The molecule has 0 saturated heterocycles. The Labute approximate surface area is 186 Å². The third kappa shape index (κ3) is 5.39. The van der Waals surface area contributed by atoms with Crippen LogP contribution in [0.15, 0.2) is 24.3 Å². The molecular formula is C25H38O6. The van der Waals surface area contributed by atoms with Crippen molar-refractivity contribution in [1.82, 2.24) is 0 Å². The van der Waals surface area contributed by atoms with Crippen LogP contribution in [-0.4, -0.2) is 37.7 Å². The van der Waals surface area contributed by atoms with E-state index in [0.717, 1.165) is 44.1 Å². The number of hydrogen-bond acceptors (Lipinski definition) is 6. The summed E-state index contributed by atoms with van der Waals surface area (Å²) >= 11 is 0. The number of ether oxygens (including phenoxy) is 3. The topological polar surface area (TPSA) is 78.9 Å². The van der Waals surface area contributed by atoms with Gasteiger partial charge in [-0.3, -0.25) is 14.4 Å². The lowest BCUT2D eigenvalue weighted by atomic mass is 9.46. The summed E-state index contributed by atoms with van der Waals surface area (Å²) in [4.78, 5) is 35.4. The number of hydrogen-bond donors (Lipinski definition) is 0. The molecule has 2 saturated carbocycles. The molecule has 0 unspecified atom stereocenters. The highest BCUT2D eigenvalue weighted by Gasteiger charge is 2.57. The average Bonchev–Trinajstić information content (AvgIpc) is 2.69. The number of methoxy groups -OCH3 is 1. The van der Waals surface area contributed by atoms with E-state index in [2.05, 4.69) is 27.0 Å². The lowest BCUT2D eigenvalue weighted by molar-refractivity contribution is -0.168. The van der Waals surface area contributed by atoms with Crippen LogP contribution in [0.2, 0.25) is 0 Å². The maximum atomic E-state index is 12.7. The second kappa shape index (κ2) is 10.0. The Hall–Kier alpha value is -2.11. The number of carbonyl (C=O) groups is 3. The number of rotatable bonds is 8. The molecule has 0 aromatic heterocycles. The maximum Gasteiger partial charge on any atom is 0.311 e. The number of allylic oxidation sites excluding steroid dienone is 1. The predicted octanol–water partition coefficient (Wildman–Crippen LogP) is 4.77. The molecule has 0 amide bonds. The highest BCUT2D eigenvalue weighted by molar-refractivity contribution is 5.77. The smallest absolute Gasteiger partial charge is 0.311 e. The first-order valence-corrected chi connectivity index (χ1v) is 11.2. The van der Waals surface area contributed by atoms with Crippen LogP contribution in [0.25, 0.3) is 0 Å². The molecule has 0 aromatic carbocycles. The summed E-state index contributed by atoms with van der Waals surface area (Å²) in [6.07, 6.45) is 5.48. The van der Waals surface area contributed by atoms with Gasteiger partial charge in [0.2, 0.25) is 0 Å². The minimum Gasteiger partial charge on any atom is -0.469 e. The van der Waals surface area contributed by atoms with Crippen molar-refractivity contribution in [3.8, 4) is 0 Å². The zero-order chi connectivity index (χ0) is 23.4. The molecule has 5 atom stereocenters. The summed E-state index contributed by atoms with van der Waals surface area (Å²) in [5.74, 6) is -0.511. The molecule has 2 aliphatic rings. The van der Waals surface area contributed by atoms with Crippen molar-refractivity contribution in [3.05, 3.63) is 24.3 Å². The minimum absolute atomic E-state index is 0.0281. The molecule has 6 heteroatoms. The Morgan fingerprint density at radius 3 is 2.42 bits per heavy atom. The van der Waals surface area contributed by atoms with Crippen molar-refractivity contribution >= 4 is 17.9 Å². The van der Waals surface area contributed by atoms with E-state index in [1.165, 1.54) is 26.5 Å². The van der Waals surface area contributed by atoms with E-state index in [4.69, 9.17) is 14.2 Å². The zero-order valence-corrected chi connectivity index (χ0v) is 19.8. The molecule has 31 heavy (non-hydrogen) atoms. The van der Waals surface area contributed by atoms with E-state index in [1.807, 2.05) is 0 Å². The quantitative estimate of drug-likeness (QED) is 0.311. The molecule has 0 bridgehead atoms. The van der Waals surface area contributed by atoms with Gasteiger partial charge in [-0.1, -0.05) is 32.1 Å². The van der Waals surface area contributed by atoms with Crippen LogP contribution in [0, 0.1) is 22.7 Å². The zero-order valence-electron chi connectivity index (χ0n) is 19.8. The fourth-order valence-corrected chi connectivity index (χ4v) is 6.08. The maximum absolute atomic E-state index is 12.7. The first kappa shape index (κ1) is 25.2. The van der Waals surface area contributed by atoms with Gasteiger partial charge in [0.25, 0.3) is 0 Å². The Bertz CT molecular complexity index is 740. The SMILES string of the molecule is C=C(CC[C@H]1C(=C)CC[C@@H]2[C@]1(C)CCC[C@]2(C)C(=O)OC)[C@@H](COC(C)=O)OC(C)=O. The molecule has 6 nitrogen and oxygen atoms in total. The van der Waals surface area contributed by atoms with Crippen LogP contribution >= 0.6 is 0 Å². The van der Waals surface area contributed by atoms with Gasteiger partial charge in [-0.05, 0) is 68.3 Å². The monoisotopic (exact) mass is 434 g/mol. The van der Waals surface area contributed by atoms with Crippen LogP contribution in [0.3, 0.4) is 0 Å². The summed E-state index contributed by atoms with van der Waals surface area (Å²) in [7, 11) is 1.47. The van der Waals surface area contributed by atoms with Crippen molar-refractivity contribution in [2.24, 2.45) is 22.7 Å². The molecule has 0 radical (unpaired) electrons. The third-order valence-electron chi connectivity index (χ3n) is 7.63. The van der Waals surface area contributed by atoms with E-state index in [0.29, 0.717) is 6.42 Å². The third-order valence-corrected chi connectivity index (χ3v) is 7.63. The van der Waals surface area contributed by atoms with Gasteiger partial charge in [0.1, 0.15) is 6.61 Å². The lowest BCUT2D eigenvalue weighted by Gasteiger charge is -2.57. The Kier molecular flexibility index (Phi) is 8.12. The van der Waals surface area contributed by atoms with Gasteiger partial charge in [0.15, 0.2) is 6.10 Å². The number of fused-ring (bicyclic) bond motifs is 1. The summed E-state index contributed by atoms with van der Waals surface area (Å²) in [6, 6.07) is 0. The van der Waals surface area contributed by atoms with Crippen LogP contribution < -0.4 is 0 Å². The van der Waals surface area contributed by atoms with E-state index in [1.54, 1.807) is 0 Å². The van der Waals surface area contributed by atoms with Crippen LogP contribution in [-0.2, 0) is 28.6 Å². The van der Waals surface area contributed by atoms with Gasteiger partial charge < -0.3 is 14.2 Å².